The van der Waals surface area contributed by atoms with Gasteiger partial charge in [0, 0.05) is 56.2 Å². The molecule has 3 aromatic heterocycles. The highest BCUT2D eigenvalue weighted by atomic mass is 32.1. The molecular formula is C35H35FN6O2S. The largest absolute Gasteiger partial charge is 0.368 e. The number of carbonyl (C=O) groups is 1. The Labute approximate surface area is 265 Å². The predicted molar refractivity (Wildman–Crippen MR) is 181 cm³/mol. The van der Waals surface area contributed by atoms with Crippen molar-refractivity contribution in [3.63, 3.8) is 0 Å². The maximum absolute atomic E-state index is 15.4. The van der Waals surface area contributed by atoms with Crippen molar-refractivity contribution in [2.75, 3.05) is 54.9 Å². The molecule has 230 valence electrons. The number of aryl methyl sites for hydroxylation is 1. The van der Waals surface area contributed by atoms with Gasteiger partial charge in [-0.2, -0.15) is 0 Å². The maximum atomic E-state index is 15.4. The molecule has 1 fully saturated rings. The van der Waals surface area contributed by atoms with Gasteiger partial charge in [-0.3, -0.25) is 9.59 Å². The minimum Gasteiger partial charge on any atom is -0.368 e. The zero-order valence-electron chi connectivity index (χ0n) is 25.6. The molecule has 0 saturated carbocycles. The van der Waals surface area contributed by atoms with Crippen molar-refractivity contribution in [2.45, 2.75) is 19.8 Å². The number of pyridine rings is 2. The Kier molecular flexibility index (Phi) is 7.63. The molecule has 2 aromatic carbocycles. The summed E-state index contributed by atoms with van der Waals surface area (Å²) in [7, 11) is 3.81. The van der Waals surface area contributed by atoms with Gasteiger partial charge in [0.1, 0.15) is 17.3 Å². The fraction of sp³-hybridized carbons (Fsp3) is 0.286. The zero-order valence-corrected chi connectivity index (χ0v) is 26.5. The Bertz CT molecular complexity index is 1980. The van der Waals surface area contributed by atoms with E-state index in [2.05, 4.69) is 33.2 Å². The van der Waals surface area contributed by atoms with Crippen LogP contribution in [0.4, 0.5) is 27.3 Å². The normalized spacial score (nSPS) is 15.5. The molecule has 5 heterocycles. The number of fused-ring (bicyclic) bond motifs is 3. The van der Waals surface area contributed by atoms with Crippen LogP contribution in [0.5, 0.6) is 0 Å². The van der Waals surface area contributed by atoms with E-state index in [0.29, 0.717) is 47.7 Å². The fourth-order valence-corrected chi connectivity index (χ4v) is 7.69. The van der Waals surface area contributed by atoms with E-state index in [4.69, 9.17) is 0 Å². The second kappa shape index (κ2) is 11.8. The van der Waals surface area contributed by atoms with E-state index in [1.165, 1.54) is 28.0 Å². The van der Waals surface area contributed by atoms with Gasteiger partial charge in [-0.05, 0) is 78.4 Å². The molecule has 0 aliphatic carbocycles. The first-order valence-electron chi connectivity index (χ1n) is 15.3. The number of benzene rings is 2. The minimum absolute atomic E-state index is 0.0994. The first-order chi connectivity index (χ1) is 21.8. The molecule has 0 radical (unpaired) electrons. The van der Waals surface area contributed by atoms with Crippen LogP contribution in [0.1, 0.15) is 27.7 Å². The van der Waals surface area contributed by atoms with Gasteiger partial charge >= 0.3 is 0 Å². The number of amides is 1. The number of rotatable bonds is 6. The van der Waals surface area contributed by atoms with Crippen LogP contribution in [0.25, 0.3) is 21.2 Å². The van der Waals surface area contributed by atoms with Crippen molar-refractivity contribution in [3.8, 4) is 11.1 Å². The van der Waals surface area contributed by atoms with Crippen LogP contribution >= 0.6 is 11.3 Å². The Balaban J connectivity index is 1.22. The summed E-state index contributed by atoms with van der Waals surface area (Å²) in [6.07, 6.45) is 4.83. The van der Waals surface area contributed by atoms with Crippen LogP contribution in [0.3, 0.4) is 0 Å². The number of hydrogen-bond donors (Lipinski definition) is 1. The third kappa shape index (κ3) is 5.38. The standard InChI is InChI=1S/C35H35FN6O2S/c1-4-25-28(18-23(36)19-30(25)42-12-11-27-26-7-5-6-8-31(26)45-33(27)35(42)44)22-17-29(34(43)40(3)21-22)38-32-10-9-24(20-37-32)41-15-13-39(2)14-16-41/h5-10,17-21H,4,11-16H2,1-3H3,(H,37,38). The van der Waals surface area contributed by atoms with Crippen LogP contribution in [0.15, 0.2) is 71.8 Å². The van der Waals surface area contributed by atoms with Crippen molar-refractivity contribution in [1.82, 2.24) is 14.5 Å². The van der Waals surface area contributed by atoms with Crippen LogP contribution in [0, 0.1) is 5.82 Å². The second-order valence-corrected chi connectivity index (χ2v) is 12.8. The summed E-state index contributed by atoms with van der Waals surface area (Å²) in [5.74, 6) is 0.0186. The number of anilines is 4. The summed E-state index contributed by atoms with van der Waals surface area (Å²) in [6, 6.07) is 16.7. The smallest absolute Gasteiger partial charge is 0.274 e. The van der Waals surface area contributed by atoms with Gasteiger partial charge < -0.3 is 24.6 Å². The van der Waals surface area contributed by atoms with E-state index in [1.807, 2.05) is 43.5 Å². The Morgan fingerprint density at radius 1 is 0.978 bits per heavy atom. The highest BCUT2D eigenvalue weighted by Crippen LogP contribution is 2.40. The molecule has 7 rings (SSSR count). The molecule has 1 amide bonds. The van der Waals surface area contributed by atoms with Gasteiger partial charge in [0.15, 0.2) is 0 Å². The lowest BCUT2D eigenvalue weighted by Gasteiger charge is -2.33. The molecule has 1 N–H and O–H groups in total. The van der Waals surface area contributed by atoms with E-state index in [-0.39, 0.29) is 11.5 Å². The lowest BCUT2D eigenvalue weighted by Crippen LogP contribution is -2.44. The summed E-state index contributed by atoms with van der Waals surface area (Å²) in [6.45, 7) is 6.37. The lowest BCUT2D eigenvalue weighted by atomic mass is 9.95. The second-order valence-electron chi connectivity index (χ2n) is 11.8. The van der Waals surface area contributed by atoms with Gasteiger partial charge in [-0.15, -0.1) is 11.3 Å². The van der Waals surface area contributed by atoms with E-state index in [0.717, 1.165) is 58.0 Å². The van der Waals surface area contributed by atoms with Gasteiger partial charge in [-0.1, -0.05) is 25.1 Å². The molecular weight excluding hydrogens is 587 g/mol. The third-order valence-electron chi connectivity index (χ3n) is 8.93. The minimum atomic E-state index is -0.434. The maximum Gasteiger partial charge on any atom is 0.274 e. The molecule has 8 nitrogen and oxygen atoms in total. The number of carbonyl (C=O) groups excluding carboxylic acids is 1. The zero-order chi connectivity index (χ0) is 31.2. The number of likely N-dealkylation sites (N-methyl/N-ethyl adjacent to an activating group) is 1. The molecule has 0 spiro atoms. The summed E-state index contributed by atoms with van der Waals surface area (Å²) >= 11 is 1.50. The number of nitrogens with zero attached hydrogens (tertiary/aromatic N) is 5. The van der Waals surface area contributed by atoms with Crippen molar-refractivity contribution < 1.29 is 9.18 Å². The number of aromatic nitrogens is 2. The third-order valence-corrected chi connectivity index (χ3v) is 10.1. The van der Waals surface area contributed by atoms with E-state index >= 15 is 4.39 Å². The van der Waals surface area contributed by atoms with Gasteiger partial charge in [0.25, 0.3) is 11.5 Å². The molecule has 1 saturated heterocycles. The van der Waals surface area contributed by atoms with Crippen molar-refractivity contribution in [2.24, 2.45) is 7.05 Å². The number of hydrogen-bond acceptors (Lipinski definition) is 7. The summed E-state index contributed by atoms with van der Waals surface area (Å²) in [5, 5.41) is 4.31. The van der Waals surface area contributed by atoms with Gasteiger partial charge in [-0.25, -0.2) is 9.37 Å². The average Bonchev–Trinajstić information content (AvgIpc) is 3.43. The fourth-order valence-electron chi connectivity index (χ4n) is 6.49. The lowest BCUT2D eigenvalue weighted by molar-refractivity contribution is 0.0985. The molecule has 45 heavy (non-hydrogen) atoms. The molecule has 10 heteroatoms. The van der Waals surface area contributed by atoms with Crippen LogP contribution in [0.2, 0.25) is 0 Å². The molecule has 2 aliphatic rings. The quantitative estimate of drug-likeness (QED) is 0.248. The Morgan fingerprint density at radius 3 is 2.53 bits per heavy atom. The molecule has 2 aliphatic heterocycles. The van der Waals surface area contributed by atoms with Crippen LogP contribution in [-0.4, -0.2) is 60.1 Å². The van der Waals surface area contributed by atoms with Crippen LogP contribution in [-0.2, 0) is 19.9 Å². The average molecular weight is 623 g/mol. The summed E-state index contributed by atoms with van der Waals surface area (Å²) in [5.41, 5.74) is 5.00. The molecule has 0 bridgehead atoms. The van der Waals surface area contributed by atoms with E-state index < -0.39 is 5.82 Å². The highest BCUT2D eigenvalue weighted by molar-refractivity contribution is 7.21. The SMILES string of the molecule is CCc1c(-c2cc(Nc3ccc(N4CCN(C)CC4)cn3)c(=O)n(C)c2)cc(F)cc1N1CCc2c(sc3ccccc23)C1=O. The number of thiophene rings is 1. The highest BCUT2D eigenvalue weighted by Gasteiger charge is 2.31. The van der Waals surface area contributed by atoms with Crippen LogP contribution < -0.4 is 20.7 Å². The number of halogens is 1. The monoisotopic (exact) mass is 622 g/mol. The van der Waals surface area contributed by atoms with Crippen molar-refractivity contribution >= 4 is 50.2 Å². The van der Waals surface area contributed by atoms with Gasteiger partial charge in [0.05, 0.1) is 22.4 Å². The Hall–Kier alpha value is -4.54. The van der Waals surface area contributed by atoms with Crippen molar-refractivity contribution in [1.29, 1.82) is 0 Å². The predicted octanol–water partition coefficient (Wildman–Crippen LogP) is 6.06. The molecule has 5 aromatic rings. The summed E-state index contributed by atoms with van der Waals surface area (Å²) < 4.78 is 18.0. The van der Waals surface area contributed by atoms with E-state index in [9.17, 15) is 9.59 Å². The first-order valence-corrected chi connectivity index (χ1v) is 16.1. The Morgan fingerprint density at radius 2 is 1.78 bits per heavy atom. The van der Waals surface area contributed by atoms with E-state index in [1.54, 1.807) is 24.2 Å². The summed E-state index contributed by atoms with van der Waals surface area (Å²) in [4.78, 5) is 38.7. The van der Waals surface area contributed by atoms with Gasteiger partial charge in [0.2, 0.25) is 0 Å². The number of nitrogens with one attached hydrogen (secondary N) is 1. The van der Waals surface area contributed by atoms with Crippen molar-refractivity contribution in [3.05, 3.63) is 99.2 Å². The number of piperazine rings is 1. The first kappa shape index (κ1) is 29.2. The molecule has 0 unspecified atom stereocenters. The molecule has 0 atom stereocenters. The topological polar surface area (TPSA) is 73.7 Å².